The van der Waals surface area contributed by atoms with Crippen molar-refractivity contribution in [1.29, 1.82) is 0 Å². The molecule has 0 aliphatic rings. The van der Waals surface area contributed by atoms with Gasteiger partial charge in [-0.15, -0.1) is 0 Å². The van der Waals surface area contributed by atoms with Crippen molar-refractivity contribution >= 4 is 22.6 Å². The van der Waals surface area contributed by atoms with Crippen LogP contribution in [0, 0.1) is 0 Å². The van der Waals surface area contributed by atoms with Crippen LogP contribution in [0.1, 0.15) is 39.2 Å². The Hall–Kier alpha value is -2.10. The lowest BCUT2D eigenvalue weighted by Crippen LogP contribution is -2.34. The molecular weight excluding hydrogens is 250 g/mol. The molecule has 0 spiro atoms. The second-order valence-electron chi connectivity index (χ2n) is 5.58. The Morgan fingerprint density at radius 2 is 1.90 bits per heavy atom. The molecule has 0 fully saturated rings. The Kier molecular flexibility index (Phi) is 4.23. The molecule has 4 heteroatoms. The zero-order valence-corrected chi connectivity index (χ0v) is 12.4. The van der Waals surface area contributed by atoms with E-state index in [2.05, 4.69) is 41.6 Å². The van der Waals surface area contributed by atoms with Crippen LogP contribution in [0.2, 0.25) is 0 Å². The predicted octanol–water partition coefficient (Wildman–Crippen LogP) is 3.89. The highest BCUT2D eigenvalue weighted by Crippen LogP contribution is 2.22. The largest absolute Gasteiger partial charge is 0.336 e. The zero-order valence-electron chi connectivity index (χ0n) is 12.4. The first kappa shape index (κ1) is 14.3. The first-order valence-electron chi connectivity index (χ1n) is 6.93. The fourth-order valence-corrected chi connectivity index (χ4v) is 2.01. The average Bonchev–Trinajstić information content (AvgIpc) is 2.36. The smallest absolute Gasteiger partial charge is 0.319 e. The van der Waals surface area contributed by atoms with Gasteiger partial charge >= 0.3 is 6.03 Å². The molecule has 20 heavy (non-hydrogen) atoms. The van der Waals surface area contributed by atoms with Gasteiger partial charge in [-0.05, 0) is 43.5 Å². The molecule has 2 rings (SSSR count). The summed E-state index contributed by atoms with van der Waals surface area (Å²) in [5.74, 6) is 0.472. The van der Waals surface area contributed by atoms with Crippen LogP contribution >= 0.6 is 0 Å². The molecule has 106 valence electrons. The summed E-state index contributed by atoms with van der Waals surface area (Å²) in [6.07, 6.45) is 1.68. The van der Waals surface area contributed by atoms with Gasteiger partial charge in [-0.3, -0.25) is 4.98 Å². The predicted molar refractivity (Wildman–Crippen MR) is 83.1 cm³/mol. The second kappa shape index (κ2) is 5.90. The van der Waals surface area contributed by atoms with Crippen LogP contribution in [0.4, 0.5) is 10.5 Å². The SMILES string of the molecule is CC(C)NC(=O)Nc1cnc2ccc(C(C)C)cc2c1. The van der Waals surface area contributed by atoms with Crippen molar-refractivity contribution in [2.24, 2.45) is 0 Å². The van der Waals surface area contributed by atoms with Gasteiger partial charge in [0.15, 0.2) is 0 Å². The lowest BCUT2D eigenvalue weighted by Gasteiger charge is -2.11. The molecule has 0 atom stereocenters. The van der Waals surface area contributed by atoms with Gasteiger partial charge in [0.2, 0.25) is 0 Å². The van der Waals surface area contributed by atoms with Crippen molar-refractivity contribution in [3.05, 3.63) is 36.0 Å². The van der Waals surface area contributed by atoms with Crippen molar-refractivity contribution in [3.63, 3.8) is 0 Å². The number of nitrogens with zero attached hydrogens (tertiary/aromatic N) is 1. The number of hydrogen-bond acceptors (Lipinski definition) is 2. The summed E-state index contributed by atoms with van der Waals surface area (Å²) in [6, 6.07) is 8.09. The number of fused-ring (bicyclic) bond motifs is 1. The van der Waals surface area contributed by atoms with Crippen LogP contribution in [0.25, 0.3) is 10.9 Å². The van der Waals surface area contributed by atoms with Gasteiger partial charge in [0.05, 0.1) is 17.4 Å². The average molecular weight is 271 g/mol. The molecule has 1 aromatic carbocycles. The normalized spacial score (nSPS) is 11.1. The Bertz CT molecular complexity index is 620. The summed E-state index contributed by atoms with van der Waals surface area (Å²) >= 11 is 0. The highest BCUT2D eigenvalue weighted by Gasteiger charge is 2.06. The Balaban J connectivity index is 2.25. The van der Waals surface area contributed by atoms with E-state index in [9.17, 15) is 4.79 Å². The van der Waals surface area contributed by atoms with Crippen molar-refractivity contribution in [2.75, 3.05) is 5.32 Å². The third-order valence-electron chi connectivity index (χ3n) is 3.05. The van der Waals surface area contributed by atoms with Crippen molar-refractivity contribution < 1.29 is 4.79 Å². The van der Waals surface area contributed by atoms with E-state index in [4.69, 9.17) is 0 Å². The number of rotatable bonds is 3. The number of carbonyl (C=O) groups excluding carboxylic acids is 1. The molecule has 0 saturated heterocycles. The number of urea groups is 1. The van der Waals surface area contributed by atoms with E-state index < -0.39 is 0 Å². The van der Waals surface area contributed by atoms with Gasteiger partial charge in [0.1, 0.15) is 0 Å². The first-order valence-corrected chi connectivity index (χ1v) is 6.93. The molecule has 0 aliphatic heterocycles. The van der Waals surface area contributed by atoms with Gasteiger partial charge in [0, 0.05) is 11.4 Å². The zero-order chi connectivity index (χ0) is 14.7. The van der Waals surface area contributed by atoms with E-state index in [1.807, 2.05) is 26.0 Å². The lowest BCUT2D eigenvalue weighted by molar-refractivity contribution is 0.250. The first-order chi connectivity index (χ1) is 9.45. The molecule has 0 radical (unpaired) electrons. The lowest BCUT2D eigenvalue weighted by atomic mass is 10.0. The van der Waals surface area contributed by atoms with Crippen LogP contribution in [-0.4, -0.2) is 17.1 Å². The Labute approximate surface area is 119 Å². The molecule has 0 unspecified atom stereocenters. The van der Waals surface area contributed by atoms with Gasteiger partial charge in [-0.2, -0.15) is 0 Å². The molecule has 1 aromatic heterocycles. The monoisotopic (exact) mass is 271 g/mol. The molecular formula is C16H21N3O. The van der Waals surface area contributed by atoms with Crippen molar-refractivity contribution in [2.45, 2.75) is 39.7 Å². The van der Waals surface area contributed by atoms with Crippen LogP contribution in [0.15, 0.2) is 30.5 Å². The fourth-order valence-electron chi connectivity index (χ4n) is 2.01. The highest BCUT2D eigenvalue weighted by atomic mass is 16.2. The van der Waals surface area contributed by atoms with Gasteiger partial charge in [-0.25, -0.2) is 4.79 Å². The van der Waals surface area contributed by atoms with E-state index >= 15 is 0 Å². The Morgan fingerprint density at radius 3 is 2.55 bits per heavy atom. The van der Waals surface area contributed by atoms with E-state index in [0.717, 1.165) is 10.9 Å². The summed E-state index contributed by atoms with van der Waals surface area (Å²) in [5.41, 5.74) is 2.91. The maximum Gasteiger partial charge on any atom is 0.319 e. The molecule has 2 N–H and O–H groups in total. The molecule has 2 amide bonds. The van der Waals surface area contributed by atoms with E-state index in [1.165, 1.54) is 5.56 Å². The molecule has 4 nitrogen and oxygen atoms in total. The third kappa shape index (κ3) is 3.47. The quantitative estimate of drug-likeness (QED) is 0.889. The summed E-state index contributed by atoms with van der Waals surface area (Å²) in [5, 5.41) is 6.63. The summed E-state index contributed by atoms with van der Waals surface area (Å²) < 4.78 is 0. The number of benzene rings is 1. The minimum absolute atomic E-state index is 0.107. The summed E-state index contributed by atoms with van der Waals surface area (Å²) in [7, 11) is 0. The molecule has 2 aromatic rings. The maximum absolute atomic E-state index is 11.7. The van der Waals surface area contributed by atoms with Crippen LogP contribution < -0.4 is 10.6 Å². The highest BCUT2D eigenvalue weighted by molar-refractivity contribution is 5.92. The van der Waals surface area contributed by atoms with Gasteiger partial charge in [0.25, 0.3) is 0 Å². The fraction of sp³-hybridized carbons (Fsp3) is 0.375. The number of anilines is 1. The minimum atomic E-state index is -0.207. The second-order valence-corrected chi connectivity index (χ2v) is 5.58. The number of carbonyl (C=O) groups is 1. The van der Waals surface area contributed by atoms with Crippen LogP contribution in [0.3, 0.4) is 0 Å². The number of aromatic nitrogens is 1. The number of amides is 2. The van der Waals surface area contributed by atoms with Gasteiger partial charge in [-0.1, -0.05) is 19.9 Å². The molecule has 0 saturated carbocycles. The minimum Gasteiger partial charge on any atom is -0.336 e. The number of nitrogens with one attached hydrogen (secondary N) is 2. The summed E-state index contributed by atoms with van der Waals surface area (Å²) in [4.78, 5) is 16.1. The van der Waals surface area contributed by atoms with Crippen LogP contribution in [0.5, 0.6) is 0 Å². The molecule has 1 heterocycles. The van der Waals surface area contributed by atoms with E-state index in [0.29, 0.717) is 11.6 Å². The van der Waals surface area contributed by atoms with Gasteiger partial charge < -0.3 is 10.6 Å². The van der Waals surface area contributed by atoms with Crippen molar-refractivity contribution in [3.8, 4) is 0 Å². The van der Waals surface area contributed by atoms with E-state index in [-0.39, 0.29) is 12.1 Å². The molecule has 0 bridgehead atoms. The van der Waals surface area contributed by atoms with Crippen LogP contribution in [-0.2, 0) is 0 Å². The summed E-state index contributed by atoms with van der Waals surface area (Å²) in [6.45, 7) is 8.17. The topological polar surface area (TPSA) is 54.0 Å². The number of hydrogen-bond donors (Lipinski definition) is 2. The standard InChI is InChI=1S/C16H21N3O/c1-10(2)12-5-6-15-13(7-12)8-14(9-17-15)19-16(20)18-11(3)4/h5-11H,1-4H3,(H2,18,19,20). The maximum atomic E-state index is 11.7. The Morgan fingerprint density at radius 1 is 1.15 bits per heavy atom. The third-order valence-corrected chi connectivity index (χ3v) is 3.05. The van der Waals surface area contributed by atoms with E-state index in [1.54, 1.807) is 6.20 Å². The number of pyridine rings is 1. The molecule has 0 aliphatic carbocycles. The van der Waals surface area contributed by atoms with Crippen molar-refractivity contribution in [1.82, 2.24) is 10.3 Å².